The molecule has 0 spiro atoms. The van der Waals surface area contributed by atoms with Crippen LogP contribution in [0.3, 0.4) is 0 Å². The van der Waals surface area contributed by atoms with Crippen molar-refractivity contribution in [2.24, 2.45) is 0 Å². The molecule has 0 aliphatic rings. The van der Waals surface area contributed by atoms with E-state index >= 15 is 0 Å². The molecule has 0 aliphatic carbocycles. The normalized spacial score (nSPS) is 11.7. The second kappa shape index (κ2) is 43.8. The number of methoxy groups -OCH3 is 2. The van der Waals surface area contributed by atoms with E-state index in [-0.39, 0.29) is 24.6 Å². The van der Waals surface area contributed by atoms with E-state index in [1.807, 2.05) is 18.2 Å². The summed E-state index contributed by atoms with van der Waals surface area (Å²) in [6, 6.07) is 5.66. The Kier molecular flexibility index (Phi) is 39.9. The molecule has 1 heterocycles. The van der Waals surface area contributed by atoms with Gasteiger partial charge in [-0.15, -0.1) is 11.3 Å². The minimum absolute atomic E-state index is 0.0330. The Morgan fingerprint density at radius 2 is 0.761 bits per heavy atom. The van der Waals surface area contributed by atoms with Gasteiger partial charge < -0.3 is 24.0 Å². The van der Waals surface area contributed by atoms with Crippen molar-refractivity contribution in [2.75, 3.05) is 60.1 Å². The summed E-state index contributed by atoms with van der Waals surface area (Å²) in [6.07, 6.45) is 47.9. The van der Waals surface area contributed by atoms with Gasteiger partial charge in [0.1, 0.15) is 0 Å². The number of benzene rings is 1. The quantitative estimate of drug-likeness (QED) is 0.0372. The predicted octanol–water partition coefficient (Wildman–Crippen LogP) is 17.7. The fourth-order valence-corrected chi connectivity index (χ4v) is 10.6. The topological polar surface area (TPSA) is 68.3 Å². The van der Waals surface area contributed by atoms with Crippen LogP contribution in [0.5, 0.6) is 11.5 Å². The van der Waals surface area contributed by atoms with Crippen LogP contribution < -0.4 is 9.47 Å². The molecule has 1 aromatic carbocycles. The van der Waals surface area contributed by atoms with E-state index in [2.05, 4.69) is 30.6 Å². The molecule has 388 valence electrons. The van der Waals surface area contributed by atoms with E-state index in [0.717, 1.165) is 29.3 Å². The molecule has 8 heteroatoms. The first-order valence-corrected chi connectivity index (χ1v) is 29.6. The number of Topliss-reactive ketones (excluding diaryl/α,β-unsaturated/α-hetero) is 1. The number of rotatable bonds is 50. The van der Waals surface area contributed by atoms with Gasteiger partial charge >= 0.3 is 5.97 Å². The van der Waals surface area contributed by atoms with E-state index in [4.69, 9.17) is 14.2 Å². The van der Waals surface area contributed by atoms with Gasteiger partial charge in [0.2, 0.25) is 0 Å². The number of thiophene rings is 1. The van der Waals surface area contributed by atoms with E-state index in [0.29, 0.717) is 23.0 Å². The molecule has 0 radical (unpaired) electrons. The number of unbranched alkanes of at least 4 members (excludes halogenated alkanes) is 30. The average Bonchev–Trinajstić information content (AvgIpc) is 3.77. The highest BCUT2D eigenvalue weighted by Gasteiger charge is 2.16. The molecule has 0 atom stereocenters. The third kappa shape index (κ3) is 32.4. The van der Waals surface area contributed by atoms with Gasteiger partial charge in [-0.3, -0.25) is 9.59 Å². The van der Waals surface area contributed by atoms with Gasteiger partial charge in [-0.25, -0.2) is 0 Å². The van der Waals surface area contributed by atoms with Crippen LogP contribution >= 0.6 is 11.3 Å². The maximum absolute atomic E-state index is 13.0. The van der Waals surface area contributed by atoms with Gasteiger partial charge in [0.25, 0.3) is 0 Å². The molecular formula is C59H106N2O5S. The number of carbonyl (C=O) groups is 2. The third-order valence-electron chi connectivity index (χ3n) is 13.9. The SMILES string of the molecule is CCCCCCCCCCCCN(CCCCCCCCCCCC)CCCN(CCCCCCCCCCCC)CCCCCCOC(=O)CCC(=O)c1cc2cc(OC)c(OC)cc2s1. The number of hydrogen-bond donors (Lipinski definition) is 0. The summed E-state index contributed by atoms with van der Waals surface area (Å²) in [6.45, 7) is 14.8. The van der Waals surface area contributed by atoms with Crippen LogP contribution in [0.1, 0.15) is 268 Å². The summed E-state index contributed by atoms with van der Waals surface area (Å²) < 4.78 is 17.4. The lowest BCUT2D eigenvalue weighted by Gasteiger charge is -2.26. The molecule has 0 aliphatic heterocycles. The Morgan fingerprint density at radius 3 is 1.15 bits per heavy atom. The van der Waals surface area contributed by atoms with Gasteiger partial charge in [0.05, 0.1) is 32.1 Å². The summed E-state index contributed by atoms with van der Waals surface area (Å²) in [5.41, 5.74) is 0. The minimum atomic E-state index is -0.282. The number of ether oxygens (including phenoxy) is 3. The largest absolute Gasteiger partial charge is 0.493 e. The van der Waals surface area contributed by atoms with Gasteiger partial charge in [-0.05, 0) is 95.3 Å². The smallest absolute Gasteiger partial charge is 0.306 e. The highest BCUT2D eigenvalue weighted by molar-refractivity contribution is 7.20. The fourth-order valence-electron chi connectivity index (χ4n) is 9.55. The van der Waals surface area contributed by atoms with Crippen LogP contribution in [0.4, 0.5) is 0 Å². The molecule has 0 N–H and O–H groups in total. The maximum atomic E-state index is 13.0. The Hall–Kier alpha value is -2.16. The van der Waals surface area contributed by atoms with Crippen LogP contribution in [0.25, 0.3) is 10.1 Å². The molecule has 0 saturated heterocycles. The van der Waals surface area contributed by atoms with Crippen LogP contribution in [-0.2, 0) is 9.53 Å². The van der Waals surface area contributed by atoms with Crippen molar-refractivity contribution in [3.05, 3.63) is 23.1 Å². The van der Waals surface area contributed by atoms with E-state index in [9.17, 15) is 9.59 Å². The van der Waals surface area contributed by atoms with Crippen LogP contribution in [0.2, 0.25) is 0 Å². The molecule has 2 rings (SSSR count). The van der Waals surface area contributed by atoms with Crippen LogP contribution in [-0.4, -0.2) is 81.6 Å². The first-order valence-electron chi connectivity index (χ1n) is 28.7. The second-order valence-electron chi connectivity index (χ2n) is 20.0. The Balaban J connectivity index is 1.77. The molecule has 2 aromatic rings. The number of esters is 1. The van der Waals surface area contributed by atoms with Crippen molar-refractivity contribution < 1.29 is 23.8 Å². The van der Waals surface area contributed by atoms with Gasteiger partial charge in [-0.2, -0.15) is 0 Å². The molecule has 67 heavy (non-hydrogen) atoms. The molecular weight excluding hydrogens is 849 g/mol. The Labute approximate surface area is 418 Å². The number of nitrogens with zero attached hydrogens (tertiary/aromatic N) is 2. The Morgan fingerprint density at radius 1 is 0.418 bits per heavy atom. The van der Waals surface area contributed by atoms with Crippen LogP contribution in [0, 0.1) is 0 Å². The van der Waals surface area contributed by atoms with Gasteiger partial charge in [-0.1, -0.05) is 207 Å². The molecule has 0 amide bonds. The molecule has 0 unspecified atom stereocenters. The highest BCUT2D eigenvalue weighted by atomic mass is 32.1. The predicted molar refractivity (Wildman–Crippen MR) is 291 cm³/mol. The van der Waals surface area contributed by atoms with Gasteiger partial charge in [0, 0.05) is 17.2 Å². The zero-order valence-electron chi connectivity index (χ0n) is 44.7. The third-order valence-corrected chi connectivity index (χ3v) is 15.1. The highest BCUT2D eigenvalue weighted by Crippen LogP contribution is 2.37. The Bertz CT molecular complexity index is 1380. The van der Waals surface area contributed by atoms with E-state index in [1.54, 1.807) is 14.2 Å². The number of fused-ring (bicyclic) bond motifs is 1. The van der Waals surface area contributed by atoms with E-state index in [1.165, 1.54) is 256 Å². The van der Waals surface area contributed by atoms with E-state index < -0.39 is 0 Å². The van der Waals surface area contributed by atoms with Crippen LogP contribution in [0.15, 0.2) is 18.2 Å². The molecule has 0 bridgehead atoms. The second-order valence-corrected chi connectivity index (χ2v) is 21.1. The standard InChI is InChI=1S/C59H106N2O5S/c1-6-9-12-15-18-21-24-27-30-35-43-60(44-36-31-28-25-22-19-16-13-10-7-2)47-40-48-61(45-37-32-29-26-23-20-17-14-11-8-3)46-38-33-34-39-49-66-59(63)42-41-54(62)58-51-53-50-55(64-4)56(65-5)52-57(53)67-58/h50-52H,6-49H2,1-5H3. The molecule has 0 fully saturated rings. The van der Waals surface area contributed by atoms with Crippen molar-refractivity contribution in [2.45, 2.75) is 258 Å². The summed E-state index contributed by atoms with van der Waals surface area (Å²) in [5.74, 6) is 0.964. The lowest BCUT2D eigenvalue weighted by Crippen LogP contribution is -2.32. The average molecular weight is 956 g/mol. The molecule has 0 saturated carbocycles. The van der Waals surface area contributed by atoms with Crippen molar-refractivity contribution in [1.82, 2.24) is 9.80 Å². The molecule has 1 aromatic heterocycles. The zero-order valence-corrected chi connectivity index (χ0v) is 45.5. The minimum Gasteiger partial charge on any atom is -0.493 e. The number of hydrogen-bond acceptors (Lipinski definition) is 8. The summed E-state index contributed by atoms with van der Waals surface area (Å²) in [5, 5.41) is 0.937. The van der Waals surface area contributed by atoms with Crippen molar-refractivity contribution >= 4 is 33.2 Å². The number of carbonyl (C=O) groups excluding carboxylic acids is 2. The fraction of sp³-hybridized carbons (Fsp3) is 0.831. The summed E-state index contributed by atoms with van der Waals surface area (Å²) >= 11 is 1.42. The van der Waals surface area contributed by atoms with Gasteiger partial charge in [0.15, 0.2) is 17.3 Å². The lowest BCUT2D eigenvalue weighted by molar-refractivity contribution is -0.143. The van der Waals surface area contributed by atoms with Crippen molar-refractivity contribution in [1.29, 1.82) is 0 Å². The van der Waals surface area contributed by atoms with Crippen molar-refractivity contribution in [3.63, 3.8) is 0 Å². The summed E-state index contributed by atoms with van der Waals surface area (Å²) in [4.78, 5) is 31.8. The number of ketones is 1. The molecule has 7 nitrogen and oxygen atoms in total. The monoisotopic (exact) mass is 955 g/mol. The maximum Gasteiger partial charge on any atom is 0.306 e. The first-order chi connectivity index (χ1) is 32.9. The first kappa shape index (κ1) is 61.0. The summed E-state index contributed by atoms with van der Waals surface area (Å²) in [7, 11) is 3.22. The lowest BCUT2D eigenvalue weighted by atomic mass is 10.1. The zero-order chi connectivity index (χ0) is 48.3. The van der Waals surface area contributed by atoms with Crippen molar-refractivity contribution in [3.8, 4) is 11.5 Å².